The molecule has 3 aromatic rings. The number of carbonyl (C=O) groups excluding carboxylic acids is 2. The molecular weight excluding hydrogens is 590 g/mol. The van der Waals surface area contributed by atoms with Crippen LogP contribution in [0.4, 0.5) is 10.6 Å². The molecule has 13 nitrogen and oxygen atoms in total. The van der Waals surface area contributed by atoms with E-state index in [-0.39, 0.29) is 35.9 Å². The van der Waals surface area contributed by atoms with Gasteiger partial charge in [0.25, 0.3) is 5.91 Å². The van der Waals surface area contributed by atoms with Crippen LogP contribution in [0.3, 0.4) is 0 Å². The number of imidazole rings is 1. The minimum atomic E-state index is -0.781. The number of aromatic nitrogens is 4. The van der Waals surface area contributed by atoms with Crippen molar-refractivity contribution in [3.8, 4) is 0 Å². The van der Waals surface area contributed by atoms with Crippen molar-refractivity contribution in [1.29, 1.82) is 0 Å². The zero-order valence-electron chi connectivity index (χ0n) is 27.1. The number of likely N-dealkylation sites (tertiary alicyclic amines) is 2. The molecule has 2 aromatic heterocycles. The summed E-state index contributed by atoms with van der Waals surface area (Å²) in [4.78, 5) is 43.4. The van der Waals surface area contributed by atoms with Crippen LogP contribution in [-0.4, -0.2) is 103 Å². The van der Waals surface area contributed by atoms with Gasteiger partial charge in [-0.2, -0.15) is 0 Å². The highest BCUT2D eigenvalue weighted by Crippen LogP contribution is 2.46. The van der Waals surface area contributed by atoms with Crippen molar-refractivity contribution in [2.45, 2.75) is 102 Å². The second kappa shape index (κ2) is 11.5. The Balaban J connectivity index is 1.09. The quantitative estimate of drug-likeness (QED) is 0.432. The van der Waals surface area contributed by atoms with Gasteiger partial charge in [0.05, 0.1) is 6.33 Å². The van der Waals surface area contributed by atoms with E-state index >= 15 is 0 Å². The number of amides is 2. The Morgan fingerprint density at radius 1 is 1.00 bits per heavy atom. The molecule has 13 heteroatoms. The number of hydrogen-bond donors (Lipinski definition) is 1. The van der Waals surface area contributed by atoms with Gasteiger partial charge in [0, 0.05) is 30.7 Å². The minimum Gasteiger partial charge on any atom is -0.444 e. The lowest BCUT2D eigenvalue weighted by atomic mass is 9.84. The fourth-order valence-electron chi connectivity index (χ4n) is 7.42. The molecule has 246 valence electrons. The Morgan fingerprint density at radius 3 is 2.48 bits per heavy atom. The molecule has 0 saturated carbocycles. The number of nitrogens with zero attached hydrogens (tertiary/aromatic N) is 6. The van der Waals surface area contributed by atoms with E-state index in [2.05, 4.69) is 25.2 Å². The monoisotopic (exact) mass is 633 g/mol. The number of benzene rings is 1. The van der Waals surface area contributed by atoms with Gasteiger partial charge in [0.1, 0.15) is 30.2 Å². The number of piperidine rings is 1. The highest BCUT2D eigenvalue weighted by molar-refractivity contribution is 6.06. The SMILES string of the molecule is CC(C)(C)OC(=O)N1CCC2(CCCN2C[C@H]2O[C@@H](n3cnc4c(NC(=O)c5ccccc5)ncnc43)[C@@H]3OC(C)(C)O[C@@H]32)CC1. The molecule has 4 fully saturated rings. The van der Waals surface area contributed by atoms with Crippen molar-refractivity contribution in [2.24, 2.45) is 0 Å². The molecule has 4 atom stereocenters. The first-order valence-corrected chi connectivity index (χ1v) is 16.2. The van der Waals surface area contributed by atoms with Crippen molar-refractivity contribution in [3.63, 3.8) is 0 Å². The standard InChI is InChI=1S/C33H43N7O6/c1-31(2,3)46-30(42)38-16-13-33(14-17-38)12-9-15-39(33)18-22-24-25(45-32(4,5)44-24)29(43-22)40-20-36-23-26(34-19-35-27(23)40)37-28(41)21-10-7-6-8-11-21/h6-8,10-11,19-20,22,24-25,29H,9,12-18H2,1-5H3,(H,34,35,37,41)/t22-,24-,25-,29-/m1/s1. The van der Waals surface area contributed by atoms with Gasteiger partial charge in [0.2, 0.25) is 0 Å². The molecule has 4 aliphatic rings. The number of carbonyl (C=O) groups is 2. The number of anilines is 1. The Bertz CT molecular complexity index is 1600. The summed E-state index contributed by atoms with van der Waals surface area (Å²) in [7, 11) is 0. The number of nitrogens with one attached hydrogen (secondary N) is 1. The molecule has 1 N–H and O–H groups in total. The lowest BCUT2D eigenvalue weighted by Crippen LogP contribution is -2.56. The first-order chi connectivity index (χ1) is 21.9. The minimum absolute atomic E-state index is 0.00518. The van der Waals surface area contributed by atoms with Crippen LogP contribution in [0.15, 0.2) is 43.0 Å². The summed E-state index contributed by atoms with van der Waals surface area (Å²) < 4.78 is 27.2. The van der Waals surface area contributed by atoms with Crippen LogP contribution < -0.4 is 5.32 Å². The summed E-state index contributed by atoms with van der Waals surface area (Å²) in [6.07, 6.45) is 5.32. The molecule has 0 aliphatic carbocycles. The van der Waals surface area contributed by atoms with Gasteiger partial charge in [-0.15, -0.1) is 0 Å². The van der Waals surface area contributed by atoms with E-state index in [1.165, 1.54) is 6.33 Å². The molecule has 0 unspecified atom stereocenters. The molecule has 0 bridgehead atoms. The van der Waals surface area contributed by atoms with Crippen molar-refractivity contribution in [3.05, 3.63) is 48.5 Å². The lowest BCUT2D eigenvalue weighted by molar-refractivity contribution is -0.199. The summed E-state index contributed by atoms with van der Waals surface area (Å²) in [6.45, 7) is 12.5. The average Bonchev–Trinajstić information content (AvgIpc) is 3.76. The molecule has 46 heavy (non-hydrogen) atoms. The van der Waals surface area contributed by atoms with E-state index in [1.807, 2.05) is 62.3 Å². The summed E-state index contributed by atoms with van der Waals surface area (Å²) in [5.74, 6) is -0.737. The Hall–Kier alpha value is -3.65. The van der Waals surface area contributed by atoms with Crippen LogP contribution in [-0.2, 0) is 18.9 Å². The predicted molar refractivity (Wildman–Crippen MR) is 168 cm³/mol. The zero-order chi connectivity index (χ0) is 32.3. The van der Waals surface area contributed by atoms with Crippen LogP contribution in [0.5, 0.6) is 0 Å². The molecular formula is C33H43N7O6. The van der Waals surface area contributed by atoms with Crippen LogP contribution in [0, 0.1) is 0 Å². The van der Waals surface area contributed by atoms with E-state index in [9.17, 15) is 9.59 Å². The maximum Gasteiger partial charge on any atom is 0.410 e. The molecule has 6 heterocycles. The molecule has 7 rings (SSSR count). The topological polar surface area (TPSA) is 133 Å². The van der Waals surface area contributed by atoms with E-state index in [4.69, 9.17) is 18.9 Å². The van der Waals surface area contributed by atoms with Crippen LogP contribution in [0.2, 0.25) is 0 Å². The maximum atomic E-state index is 12.9. The third-order valence-electron chi connectivity index (χ3n) is 9.51. The lowest BCUT2D eigenvalue weighted by Gasteiger charge is -2.46. The first kappa shape index (κ1) is 31.0. The second-order valence-corrected chi connectivity index (χ2v) is 14.2. The van der Waals surface area contributed by atoms with Gasteiger partial charge in [0.15, 0.2) is 29.0 Å². The highest BCUT2D eigenvalue weighted by Gasteiger charge is 2.57. The fraction of sp³-hybridized carbons (Fsp3) is 0.606. The third-order valence-corrected chi connectivity index (χ3v) is 9.51. The van der Waals surface area contributed by atoms with Gasteiger partial charge in [-0.05, 0) is 79.0 Å². The Labute approximate surface area is 268 Å². The summed E-state index contributed by atoms with van der Waals surface area (Å²) in [5, 5.41) is 2.87. The smallest absolute Gasteiger partial charge is 0.410 e. The molecule has 4 saturated heterocycles. The molecule has 1 spiro atoms. The van der Waals surface area contributed by atoms with Gasteiger partial charge in [-0.25, -0.2) is 19.7 Å². The predicted octanol–water partition coefficient (Wildman–Crippen LogP) is 4.36. The average molecular weight is 634 g/mol. The highest BCUT2D eigenvalue weighted by atomic mass is 16.8. The summed E-state index contributed by atoms with van der Waals surface area (Å²) in [6, 6.07) is 8.97. The number of rotatable bonds is 5. The largest absolute Gasteiger partial charge is 0.444 e. The molecule has 1 aromatic carbocycles. The number of hydrogen-bond acceptors (Lipinski definition) is 10. The fourth-order valence-corrected chi connectivity index (χ4v) is 7.42. The van der Waals surface area contributed by atoms with E-state index in [0.29, 0.717) is 42.2 Å². The van der Waals surface area contributed by atoms with Crippen molar-refractivity contribution >= 4 is 29.0 Å². The maximum absolute atomic E-state index is 12.9. The van der Waals surface area contributed by atoms with E-state index in [1.54, 1.807) is 18.5 Å². The second-order valence-electron chi connectivity index (χ2n) is 14.2. The van der Waals surface area contributed by atoms with Gasteiger partial charge in [-0.1, -0.05) is 18.2 Å². The molecule has 2 amide bonds. The van der Waals surface area contributed by atoms with Crippen LogP contribution >= 0.6 is 0 Å². The van der Waals surface area contributed by atoms with E-state index in [0.717, 1.165) is 32.2 Å². The van der Waals surface area contributed by atoms with Crippen molar-refractivity contribution in [1.82, 2.24) is 29.3 Å². The van der Waals surface area contributed by atoms with E-state index < -0.39 is 17.6 Å². The van der Waals surface area contributed by atoms with Crippen molar-refractivity contribution < 1.29 is 28.5 Å². The number of fused-ring (bicyclic) bond motifs is 2. The normalized spacial score (nSPS) is 27.3. The van der Waals surface area contributed by atoms with Gasteiger partial charge in [-0.3, -0.25) is 14.3 Å². The van der Waals surface area contributed by atoms with Gasteiger partial charge < -0.3 is 29.2 Å². The Morgan fingerprint density at radius 2 is 1.74 bits per heavy atom. The van der Waals surface area contributed by atoms with Crippen LogP contribution in [0.25, 0.3) is 11.2 Å². The molecule has 4 aliphatic heterocycles. The Kier molecular flexibility index (Phi) is 7.78. The summed E-state index contributed by atoms with van der Waals surface area (Å²) >= 11 is 0. The third kappa shape index (κ3) is 5.85. The van der Waals surface area contributed by atoms with Crippen molar-refractivity contribution in [2.75, 3.05) is 31.5 Å². The zero-order valence-corrected chi connectivity index (χ0v) is 27.1. The first-order valence-electron chi connectivity index (χ1n) is 16.2. The van der Waals surface area contributed by atoms with Gasteiger partial charge >= 0.3 is 6.09 Å². The molecule has 0 radical (unpaired) electrons. The number of ether oxygens (including phenoxy) is 4. The van der Waals surface area contributed by atoms with Crippen LogP contribution in [0.1, 0.15) is 76.9 Å². The summed E-state index contributed by atoms with van der Waals surface area (Å²) in [5.41, 5.74) is 1.00.